The minimum Gasteiger partial charge on any atom is -0.422 e. The molecule has 0 atom stereocenters. The molecule has 0 saturated carbocycles. The molecule has 0 aromatic rings. The smallest absolute Gasteiger partial charge is 0.411 e. The molecule has 1 amide bonds. The Hall–Kier alpha value is -0.770. The summed E-state index contributed by atoms with van der Waals surface area (Å²) in [4.78, 5) is 12.8. The number of hydrogen-bond acceptors (Lipinski definition) is 3. The number of amides is 1. The van der Waals surface area contributed by atoms with Crippen LogP contribution in [0.2, 0.25) is 0 Å². The first-order valence-corrected chi connectivity index (χ1v) is 4.37. The third-order valence-corrected chi connectivity index (χ3v) is 2.05. The largest absolute Gasteiger partial charge is 0.422 e. The van der Waals surface area contributed by atoms with Crippen LogP contribution in [0.3, 0.4) is 0 Å². The Kier molecular flexibility index (Phi) is 3.87. The van der Waals surface area contributed by atoms with Crippen molar-refractivity contribution in [3.8, 4) is 0 Å². The number of carbonyl (C=O) groups excluding carboxylic acids is 1. The molecule has 70 valence electrons. The molecule has 12 heavy (non-hydrogen) atoms. The van der Waals surface area contributed by atoms with Crippen molar-refractivity contribution in [1.82, 2.24) is 4.90 Å². The molecule has 0 unspecified atom stereocenters. The highest BCUT2D eigenvalue weighted by molar-refractivity contribution is 5.67. The van der Waals surface area contributed by atoms with Gasteiger partial charge in [-0.05, 0) is 12.8 Å². The lowest BCUT2D eigenvalue weighted by molar-refractivity contribution is 0.0227. The maximum atomic E-state index is 11.1. The molecule has 4 nitrogen and oxygen atoms in total. The molecule has 1 heterocycles. The molecule has 1 N–H and O–H groups in total. The Bertz CT molecular complexity index is 141. The second-order valence-corrected chi connectivity index (χ2v) is 2.94. The van der Waals surface area contributed by atoms with Crippen LogP contribution in [0, 0.1) is 0 Å². The lowest BCUT2D eigenvalue weighted by atomic mass is 10.2. The molecule has 0 bridgehead atoms. The van der Waals surface area contributed by atoms with Gasteiger partial charge in [-0.1, -0.05) is 12.8 Å². The van der Waals surface area contributed by atoms with Gasteiger partial charge >= 0.3 is 6.09 Å². The molecule has 1 fully saturated rings. The molecule has 0 aromatic carbocycles. The van der Waals surface area contributed by atoms with Gasteiger partial charge < -0.3 is 14.7 Å². The fraction of sp³-hybridized carbons (Fsp3) is 0.875. The average Bonchev–Trinajstić information content (AvgIpc) is 2.32. The number of carbonyl (C=O) groups is 1. The molecule has 0 radical (unpaired) electrons. The Labute approximate surface area is 72.1 Å². The Morgan fingerprint density at radius 2 is 1.83 bits per heavy atom. The van der Waals surface area contributed by atoms with Crippen LogP contribution in [0.25, 0.3) is 0 Å². The fourth-order valence-electron chi connectivity index (χ4n) is 1.40. The van der Waals surface area contributed by atoms with Crippen molar-refractivity contribution in [3.63, 3.8) is 0 Å². The van der Waals surface area contributed by atoms with Crippen molar-refractivity contribution in [1.29, 1.82) is 0 Å². The van der Waals surface area contributed by atoms with Crippen LogP contribution in [0.4, 0.5) is 4.79 Å². The van der Waals surface area contributed by atoms with Gasteiger partial charge in [-0.25, -0.2) is 4.79 Å². The lowest BCUT2D eigenvalue weighted by Crippen LogP contribution is -2.32. The molecule has 4 heteroatoms. The molecule has 1 saturated heterocycles. The summed E-state index contributed by atoms with van der Waals surface area (Å²) in [5.41, 5.74) is 0. The number of ether oxygens (including phenoxy) is 1. The SMILES string of the molecule is O=C(OCO)N1CCCCCC1. The topological polar surface area (TPSA) is 49.8 Å². The number of aliphatic hydroxyl groups is 1. The number of aliphatic hydroxyl groups excluding tert-OH is 1. The molecule has 1 rings (SSSR count). The summed E-state index contributed by atoms with van der Waals surface area (Å²) in [5.74, 6) is 0. The van der Waals surface area contributed by atoms with Gasteiger partial charge in [0, 0.05) is 13.1 Å². The van der Waals surface area contributed by atoms with E-state index in [1.165, 1.54) is 12.8 Å². The maximum absolute atomic E-state index is 11.1. The highest BCUT2D eigenvalue weighted by Gasteiger charge is 2.15. The molecular weight excluding hydrogens is 158 g/mol. The standard InChI is InChI=1S/C8H15NO3/c10-7-12-8(11)9-5-3-1-2-4-6-9/h10H,1-7H2. The second-order valence-electron chi connectivity index (χ2n) is 2.94. The number of hydrogen-bond donors (Lipinski definition) is 1. The van der Waals surface area contributed by atoms with Crippen molar-refractivity contribution in [2.24, 2.45) is 0 Å². The zero-order valence-electron chi connectivity index (χ0n) is 7.16. The third-order valence-electron chi connectivity index (χ3n) is 2.05. The first-order valence-electron chi connectivity index (χ1n) is 4.37. The Morgan fingerprint density at radius 3 is 2.33 bits per heavy atom. The van der Waals surface area contributed by atoms with Crippen LogP contribution in [-0.2, 0) is 4.74 Å². The van der Waals surface area contributed by atoms with Crippen LogP contribution in [0.1, 0.15) is 25.7 Å². The summed E-state index contributed by atoms with van der Waals surface area (Å²) < 4.78 is 4.48. The van der Waals surface area contributed by atoms with Gasteiger partial charge in [0.1, 0.15) is 0 Å². The van der Waals surface area contributed by atoms with E-state index in [1.807, 2.05) is 0 Å². The van der Waals surface area contributed by atoms with Gasteiger partial charge in [0.25, 0.3) is 0 Å². The van der Waals surface area contributed by atoms with Gasteiger partial charge in [0.05, 0.1) is 0 Å². The van der Waals surface area contributed by atoms with Crippen molar-refractivity contribution < 1.29 is 14.6 Å². The average molecular weight is 173 g/mol. The third kappa shape index (κ3) is 2.70. The van der Waals surface area contributed by atoms with E-state index in [2.05, 4.69) is 4.74 Å². The summed E-state index contributed by atoms with van der Waals surface area (Å²) >= 11 is 0. The summed E-state index contributed by atoms with van der Waals surface area (Å²) in [6, 6.07) is 0. The predicted octanol–water partition coefficient (Wildman–Crippen LogP) is 0.949. The number of nitrogens with zero attached hydrogens (tertiary/aromatic N) is 1. The first kappa shape index (κ1) is 9.32. The fourth-order valence-corrected chi connectivity index (χ4v) is 1.40. The summed E-state index contributed by atoms with van der Waals surface area (Å²) in [6.07, 6.45) is 4.06. The molecule has 0 aliphatic carbocycles. The van der Waals surface area contributed by atoms with Crippen molar-refractivity contribution >= 4 is 6.09 Å². The summed E-state index contributed by atoms with van der Waals surface area (Å²) in [7, 11) is 0. The molecule has 1 aliphatic rings. The predicted molar refractivity (Wildman–Crippen MR) is 43.6 cm³/mol. The van der Waals surface area contributed by atoms with Gasteiger partial charge in [-0.3, -0.25) is 0 Å². The van der Waals surface area contributed by atoms with E-state index in [9.17, 15) is 4.79 Å². The van der Waals surface area contributed by atoms with E-state index in [4.69, 9.17) is 5.11 Å². The van der Waals surface area contributed by atoms with Gasteiger partial charge in [0.2, 0.25) is 0 Å². The lowest BCUT2D eigenvalue weighted by Gasteiger charge is -2.18. The van der Waals surface area contributed by atoms with Gasteiger partial charge in [-0.2, -0.15) is 0 Å². The van der Waals surface area contributed by atoms with Crippen LogP contribution in [-0.4, -0.2) is 36.0 Å². The van der Waals surface area contributed by atoms with Gasteiger partial charge in [-0.15, -0.1) is 0 Å². The highest BCUT2D eigenvalue weighted by Crippen LogP contribution is 2.10. The zero-order chi connectivity index (χ0) is 8.81. The van der Waals surface area contributed by atoms with Crippen LogP contribution in [0.5, 0.6) is 0 Å². The Balaban J connectivity index is 2.32. The monoisotopic (exact) mass is 173 g/mol. The van der Waals surface area contributed by atoms with E-state index in [1.54, 1.807) is 4.90 Å². The second kappa shape index (κ2) is 4.98. The minimum absolute atomic E-state index is 0.389. The normalized spacial score (nSPS) is 18.6. The number of likely N-dealkylation sites (tertiary alicyclic amines) is 1. The van der Waals surface area contributed by atoms with Crippen LogP contribution in [0.15, 0.2) is 0 Å². The molecular formula is C8H15NO3. The summed E-state index contributed by atoms with van der Waals surface area (Å²) in [6.45, 7) is 1.01. The quantitative estimate of drug-likeness (QED) is 0.600. The van der Waals surface area contributed by atoms with Crippen molar-refractivity contribution in [2.75, 3.05) is 19.9 Å². The van der Waals surface area contributed by atoms with E-state index < -0.39 is 6.79 Å². The highest BCUT2D eigenvalue weighted by atomic mass is 16.6. The van der Waals surface area contributed by atoms with Crippen molar-refractivity contribution in [2.45, 2.75) is 25.7 Å². The van der Waals surface area contributed by atoms with Crippen LogP contribution < -0.4 is 0 Å². The van der Waals surface area contributed by atoms with E-state index in [0.717, 1.165) is 25.9 Å². The van der Waals surface area contributed by atoms with E-state index in [0.29, 0.717) is 0 Å². The van der Waals surface area contributed by atoms with E-state index >= 15 is 0 Å². The minimum atomic E-state index is -0.519. The van der Waals surface area contributed by atoms with Crippen LogP contribution >= 0.6 is 0 Å². The Morgan fingerprint density at radius 1 is 1.25 bits per heavy atom. The molecule has 0 spiro atoms. The zero-order valence-corrected chi connectivity index (χ0v) is 7.16. The van der Waals surface area contributed by atoms with E-state index in [-0.39, 0.29) is 6.09 Å². The van der Waals surface area contributed by atoms with Crippen molar-refractivity contribution in [3.05, 3.63) is 0 Å². The van der Waals surface area contributed by atoms with Gasteiger partial charge in [0.15, 0.2) is 6.79 Å². The molecule has 1 aliphatic heterocycles. The number of rotatable bonds is 1. The summed E-state index contributed by atoms with van der Waals surface area (Å²) in [5, 5.41) is 8.37. The molecule has 0 aromatic heterocycles. The first-order chi connectivity index (χ1) is 5.84. The maximum Gasteiger partial charge on any atom is 0.411 e.